The Morgan fingerprint density at radius 1 is 1.24 bits per heavy atom. The molecule has 0 bridgehead atoms. The Balaban J connectivity index is 1.78. The number of carbonyl (C=O) groups excluding carboxylic acids is 1. The Labute approximate surface area is 184 Å². The number of nitrogens with zero attached hydrogens (tertiary/aromatic N) is 3. The average Bonchev–Trinajstić information content (AvgIpc) is 3.46. The molecule has 3 aromatic heterocycles. The van der Waals surface area contributed by atoms with Crippen molar-refractivity contribution in [3.63, 3.8) is 0 Å². The molecule has 0 spiro atoms. The number of methoxy groups -OCH3 is 1. The number of fused-ring (bicyclic) bond motifs is 1. The van der Waals surface area contributed by atoms with Gasteiger partial charge in [-0.15, -0.1) is 0 Å². The van der Waals surface area contributed by atoms with Crippen LogP contribution in [0.3, 0.4) is 0 Å². The summed E-state index contributed by atoms with van der Waals surface area (Å²) in [6, 6.07) is 4.42. The topological polar surface area (TPSA) is 129 Å². The molecule has 0 fully saturated rings. The number of halogens is 3. The molecule has 0 saturated carbocycles. The molecule has 172 valence electrons. The van der Waals surface area contributed by atoms with E-state index in [-0.39, 0.29) is 35.2 Å². The summed E-state index contributed by atoms with van der Waals surface area (Å²) < 4.78 is 55.6. The van der Waals surface area contributed by atoms with Crippen molar-refractivity contribution in [2.24, 2.45) is 5.73 Å². The van der Waals surface area contributed by atoms with E-state index in [1.807, 2.05) is 0 Å². The number of ether oxygens (including phenoxy) is 1. The second-order valence-corrected chi connectivity index (χ2v) is 7.03. The number of nitrogens with one attached hydrogen (secondary N) is 1. The van der Waals surface area contributed by atoms with Gasteiger partial charge in [0.2, 0.25) is 11.8 Å². The van der Waals surface area contributed by atoms with Gasteiger partial charge in [-0.2, -0.15) is 13.2 Å². The smallest absolute Gasteiger partial charge is 0.433 e. The number of alkyl halides is 3. The molecule has 1 atom stereocenters. The normalized spacial score (nSPS) is 12.7. The van der Waals surface area contributed by atoms with E-state index in [2.05, 4.69) is 20.3 Å². The molecule has 3 N–H and O–H groups in total. The first kappa shape index (κ1) is 22.3. The largest absolute Gasteiger partial charge is 0.494 e. The molecule has 33 heavy (non-hydrogen) atoms. The monoisotopic (exact) mass is 461 g/mol. The van der Waals surface area contributed by atoms with Gasteiger partial charge in [-0.3, -0.25) is 4.79 Å². The van der Waals surface area contributed by atoms with Crippen LogP contribution in [0.4, 0.5) is 13.2 Å². The lowest BCUT2D eigenvalue weighted by atomic mass is 10.1. The van der Waals surface area contributed by atoms with Crippen molar-refractivity contribution in [1.82, 2.24) is 20.3 Å². The van der Waals surface area contributed by atoms with Crippen molar-refractivity contribution >= 4 is 16.8 Å². The number of nitrogens with two attached hydrogens (primary N) is 1. The Morgan fingerprint density at radius 3 is 2.67 bits per heavy atom. The molecule has 0 aliphatic heterocycles. The highest BCUT2D eigenvalue weighted by Crippen LogP contribution is 2.37. The SMILES string of the molecule is COc1ccc(-c2nc(C(=O)NCc3ncco3)c([C@H](C)N)o2)c2ccc(C(F)(F)F)nc12. The number of hydrogen-bond acceptors (Lipinski definition) is 8. The van der Waals surface area contributed by atoms with Crippen LogP contribution in [-0.2, 0) is 12.7 Å². The highest BCUT2D eigenvalue weighted by Gasteiger charge is 2.33. The Morgan fingerprint density at radius 2 is 2.03 bits per heavy atom. The van der Waals surface area contributed by atoms with Crippen LogP contribution in [0.2, 0.25) is 0 Å². The van der Waals surface area contributed by atoms with E-state index >= 15 is 0 Å². The Hall–Kier alpha value is -3.93. The van der Waals surface area contributed by atoms with E-state index in [9.17, 15) is 18.0 Å². The van der Waals surface area contributed by atoms with Gasteiger partial charge in [-0.25, -0.2) is 15.0 Å². The van der Waals surface area contributed by atoms with Crippen LogP contribution in [-0.4, -0.2) is 28.0 Å². The van der Waals surface area contributed by atoms with E-state index in [1.165, 1.54) is 31.7 Å². The van der Waals surface area contributed by atoms with Crippen LogP contribution in [0.15, 0.2) is 45.6 Å². The zero-order valence-electron chi connectivity index (χ0n) is 17.4. The third kappa shape index (κ3) is 4.37. The van der Waals surface area contributed by atoms with E-state index in [4.69, 9.17) is 19.3 Å². The number of aromatic nitrogens is 3. The first-order chi connectivity index (χ1) is 15.7. The van der Waals surface area contributed by atoms with Gasteiger partial charge >= 0.3 is 6.18 Å². The molecule has 0 aliphatic rings. The summed E-state index contributed by atoms with van der Waals surface area (Å²) in [6.45, 7) is 1.63. The maximum Gasteiger partial charge on any atom is 0.433 e. The van der Waals surface area contributed by atoms with Crippen LogP contribution < -0.4 is 15.8 Å². The fourth-order valence-electron chi connectivity index (χ4n) is 3.20. The first-order valence-electron chi connectivity index (χ1n) is 9.67. The van der Waals surface area contributed by atoms with Crippen molar-refractivity contribution in [1.29, 1.82) is 0 Å². The van der Waals surface area contributed by atoms with Crippen LogP contribution in [0.1, 0.15) is 40.8 Å². The molecular formula is C21H18F3N5O4. The third-order valence-electron chi connectivity index (χ3n) is 4.73. The van der Waals surface area contributed by atoms with Crippen LogP contribution in [0.5, 0.6) is 5.75 Å². The molecule has 0 aliphatic carbocycles. The minimum absolute atomic E-state index is 0.00205. The van der Waals surface area contributed by atoms with Crippen molar-refractivity contribution in [2.75, 3.05) is 7.11 Å². The third-order valence-corrected chi connectivity index (χ3v) is 4.73. The molecule has 0 saturated heterocycles. The van der Waals surface area contributed by atoms with E-state index < -0.39 is 23.8 Å². The number of hydrogen-bond donors (Lipinski definition) is 2. The highest BCUT2D eigenvalue weighted by atomic mass is 19.4. The molecule has 4 rings (SSSR count). The quantitative estimate of drug-likeness (QED) is 0.443. The molecule has 0 radical (unpaired) electrons. The van der Waals surface area contributed by atoms with Gasteiger partial charge in [0.15, 0.2) is 11.5 Å². The minimum atomic E-state index is -4.63. The molecule has 4 aromatic rings. The number of rotatable bonds is 6. The summed E-state index contributed by atoms with van der Waals surface area (Å²) in [7, 11) is 1.33. The van der Waals surface area contributed by atoms with Gasteiger partial charge in [0.1, 0.15) is 23.2 Å². The zero-order valence-corrected chi connectivity index (χ0v) is 17.4. The zero-order chi connectivity index (χ0) is 23.8. The lowest BCUT2D eigenvalue weighted by Gasteiger charge is -2.11. The summed E-state index contributed by atoms with van der Waals surface area (Å²) in [5.74, 6) is -0.0350. The fourth-order valence-corrected chi connectivity index (χ4v) is 3.20. The fraction of sp³-hybridized carbons (Fsp3) is 0.238. The molecule has 1 amide bonds. The minimum Gasteiger partial charge on any atom is -0.494 e. The van der Waals surface area contributed by atoms with E-state index in [0.717, 1.165) is 6.07 Å². The van der Waals surface area contributed by atoms with Crippen molar-refractivity contribution in [3.8, 4) is 17.2 Å². The van der Waals surface area contributed by atoms with E-state index in [1.54, 1.807) is 13.0 Å². The van der Waals surface area contributed by atoms with Gasteiger partial charge in [0.25, 0.3) is 5.91 Å². The highest BCUT2D eigenvalue weighted by molar-refractivity contribution is 5.98. The van der Waals surface area contributed by atoms with Gasteiger partial charge < -0.3 is 24.6 Å². The van der Waals surface area contributed by atoms with Crippen LogP contribution >= 0.6 is 0 Å². The van der Waals surface area contributed by atoms with Crippen LogP contribution in [0, 0.1) is 0 Å². The van der Waals surface area contributed by atoms with Crippen LogP contribution in [0.25, 0.3) is 22.4 Å². The molecule has 1 aromatic carbocycles. The number of benzene rings is 1. The van der Waals surface area contributed by atoms with Gasteiger partial charge in [-0.05, 0) is 31.2 Å². The predicted octanol–water partition coefficient (Wildman–Crippen LogP) is 3.85. The number of amides is 1. The number of pyridine rings is 1. The summed E-state index contributed by atoms with van der Waals surface area (Å²) in [6.07, 6.45) is -1.82. The van der Waals surface area contributed by atoms with Crippen molar-refractivity contribution in [2.45, 2.75) is 25.7 Å². The molecular weight excluding hydrogens is 443 g/mol. The lowest BCUT2D eigenvalue weighted by Crippen LogP contribution is -2.25. The maximum absolute atomic E-state index is 13.2. The van der Waals surface area contributed by atoms with Crippen molar-refractivity contribution < 1.29 is 31.5 Å². The lowest BCUT2D eigenvalue weighted by molar-refractivity contribution is -0.140. The summed E-state index contributed by atoms with van der Waals surface area (Å²) in [4.78, 5) is 24.6. The Kier molecular flexibility index (Phi) is 5.77. The molecule has 0 unspecified atom stereocenters. The number of oxazole rings is 2. The van der Waals surface area contributed by atoms with Gasteiger partial charge in [0.05, 0.1) is 25.9 Å². The van der Waals surface area contributed by atoms with Crippen molar-refractivity contribution in [3.05, 3.63) is 59.8 Å². The summed E-state index contributed by atoms with van der Waals surface area (Å²) in [5.41, 5.74) is 5.12. The summed E-state index contributed by atoms with van der Waals surface area (Å²) in [5, 5.41) is 2.91. The second-order valence-electron chi connectivity index (χ2n) is 7.03. The van der Waals surface area contributed by atoms with Gasteiger partial charge in [0, 0.05) is 10.9 Å². The summed E-state index contributed by atoms with van der Waals surface area (Å²) >= 11 is 0. The predicted molar refractivity (Wildman–Crippen MR) is 109 cm³/mol. The second kappa shape index (κ2) is 8.54. The van der Waals surface area contributed by atoms with Gasteiger partial charge in [-0.1, -0.05) is 0 Å². The first-order valence-corrected chi connectivity index (χ1v) is 9.67. The van der Waals surface area contributed by atoms with E-state index in [0.29, 0.717) is 16.8 Å². The maximum atomic E-state index is 13.2. The molecule has 3 heterocycles. The Bertz CT molecular complexity index is 1300. The average molecular weight is 461 g/mol. The standard InChI is InChI=1S/C21H18F3N5O4/c1-10(25)18-17(19(30)27-9-15-26-7-8-32-15)29-20(33-18)12-3-5-13(31-2)16-11(12)4-6-14(28-16)21(22,23)24/h3-8,10H,9,25H2,1-2H3,(H,27,30)/t10-/m0/s1. The number of carbonyl (C=O) groups is 1. The molecule has 12 heteroatoms. The molecule has 9 nitrogen and oxygen atoms in total.